The molecule has 0 amide bonds. The molecular weight excluding hydrogens is 78.0 g/mol. The molecule has 0 aromatic heterocycles. The van der Waals surface area contributed by atoms with Crippen LogP contribution in [0, 0.1) is 0 Å². The largest absolute Gasteiger partial charge is 0.389 e. The molecule has 0 aliphatic heterocycles. The van der Waals surface area contributed by atoms with Gasteiger partial charge in [0.2, 0.25) is 0 Å². The highest BCUT2D eigenvalue weighted by atomic mass is 16.6. The summed E-state index contributed by atoms with van der Waals surface area (Å²) in [4.78, 5) is 4.43. The van der Waals surface area contributed by atoms with Crippen molar-refractivity contribution in [3.63, 3.8) is 0 Å². The minimum atomic E-state index is 0.586. The van der Waals surface area contributed by atoms with E-state index >= 15 is 0 Å². The van der Waals surface area contributed by atoms with Crippen LogP contribution < -0.4 is 0 Å². The molecule has 0 rings (SSSR count). The first-order chi connectivity index (χ1) is 2.91. The maximum Gasteiger partial charge on any atom is 0.115 e. The minimum Gasteiger partial charge on any atom is -0.389 e. The van der Waals surface area contributed by atoms with Crippen molar-refractivity contribution in [2.24, 2.45) is 5.16 Å². The van der Waals surface area contributed by atoms with Crippen LogP contribution in [0.3, 0.4) is 0 Å². The highest BCUT2D eigenvalue weighted by Crippen LogP contribution is 1.65. The van der Waals surface area contributed by atoms with Crippen LogP contribution >= 0.6 is 0 Å². The minimum absolute atomic E-state index is 0.586. The average Bonchev–Trinajstić information content (AvgIpc) is 1.61. The quantitative estimate of drug-likeness (QED) is 0.359. The standard InChI is InChI=1S/C4H7NO/c1-3-5-6-4-2/h1,4H2,2H3. The maximum absolute atomic E-state index is 4.43. The third-order valence-electron chi connectivity index (χ3n) is 0.258. The van der Waals surface area contributed by atoms with Gasteiger partial charge in [0.15, 0.2) is 0 Å². The Bertz CT molecular complexity index is 63.9. The van der Waals surface area contributed by atoms with Gasteiger partial charge >= 0.3 is 0 Å². The smallest absolute Gasteiger partial charge is 0.115 e. The summed E-state index contributed by atoms with van der Waals surface area (Å²) < 4.78 is 0. The van der Waals surface area contributed by atoms with Gasteiger partial charge in [-0.25, -0.2) is 0 Å². The molecule has 0 heterocycles. The number of hydrogen-bond donors (Lipinski definition) is 0. The van der Waals surface area contributed by atoms with Crippen LogP contribution in [-0.2, 0) is 4.84 Å². The zero-order chi connectivity index (χ0) is 4.83. The van der Waals surface area contributed by atoms with Crippen molar-refractivity contribution in [1.29, 1.82) is 0 Å². The Morgan fingerprint density at radius 3 is 2.83 bits per heavy atom. The Hall–Kier alpha value is -0.750. The van der Waals surface area contributed by atoms with E-state index in [2.05, 4.69) is 22.4 Å². The molecule has 0 atom stereocenters. The molecule has 2 nitrogen and oxygen atoms in total. The number of nitrogens with zero attached hydrogens (tertiary/aromatic N) is 1. The van der Waals surface area contributed by atoms with Gasteiger partial charge in [0.25, 0.3) is 0 Å². The molecule has 0 saturated carbocycles. The molecule has 34 valence electrons. The van der Waals surface area contributed by atoms with Gasteiger partial charge in [-0.15, -0.1) is 0 Å². The van der Waals surface area contributed by atoms with Crippen LogP contribution in [-0.4, -0.2) is 12.5 Å². The summed E-state index contributed by atoms with van der Waals surface area (Å²) in [5.74, 6) is 2.22. The molecule has 0 aliphatic carbocycles. The molecular formula is C4H7NO. The zero-order valence-electron chi connectivity index (χ0n) is 3.77. The summed E-state index contributed by atoms with van der Waals surface area (Å²) in [6.07, 6.45) is 0. The molecule has 2 heteroatoms. The summed E-state index contributed by atoms with van der Waals surface area (Å²) in [5.41, 5.74) is 0. The Labute approximate surface area is 37.1 Å². The molecule has 0 aliphatic rings. The number of hydrogen-bond acceptors (Lipinski definition) is 2. The Balaban J connectivity index is 2.86. The van der Waals surface area contributed by atoms with Crippen molar-refractivity contribution in [1.82, 2.24) is 0 Å². The second kappa shape index (κ2) is 4.25. The van der Waals surface area contributed by atoms with E-state index in [0.29, 0.717) is 6.61 Å². The van der Waals surface area contributed by atoms with Crippen molar-refractivity contribution in [3.8, 4) is 0 Å². The maximum atomic E-state index is 4.43. The molecule has 0 aromatic carbocycles. The van der Waals surface area contributed by atoms with Crippen molar-refractivity contribution >= 4 is 5.87 Å². The summed E-state index contributed by atoms with van der Waals surface area (Å²) in [7, 11) is 0. The Morgan fingerprint density at radius 1 is 2.00 bits per heavy atom. The monoisotopic (exact) mass is 85.1 g/mol. The molecule has 0 radical (unpaired) electrons. The van der Waals surface area contributed by atoms with Crippen molar-refractivity contribution in [2.75, 3.05) is 6.61 Å². The van der Waals surface area contributed by atoms with E-state index in [9.17, 15) is 0 Å². The van der Waals surface area contributed by atoms with Gasteiger partial charge in [-0.05, 0) is 18.7 Å². The van der Waals surface area contributed by atoms with Gasteiger partial charge in [0, 0.05) is 5.87 Å². The van der Waals surface area contributed by atoms with E-state index in [4.69, 9.17) is 0 Å². The number of rotatable bonds is 2. The summed E-state index contributed by atoms with van der Waals surface area (Å²) in [5, 5.41) is 3.23. The predicted molar refractivity (Wildman–Crippen MR) is 24.7 cm³/mol. The lowest BCUT2D eigenvalue weighted by atomic mass is 10.9. The van der Waals surface area contributed by atoms with E-state index < -0.39 is 0 Å². The fourth-order valence-corrected chi connectivity index (χ4v) is 0.110. The highest BCUT2D eigenvalue weighted by Gasteiger charge is 1.59. The van der Waals surface area contributed by atoms with Gasteiger partial charge in [0.05, 0.1) is 0 Å². The van der Waals surface area contributed by atoms with Crippen LogP contribution in [0.15, 0.2) is 11.7 Å². The highest BCUT2D eigenvalue weighted by molar-refractivity contribution is 5.45. The first-order valence-electron chi connectivity index (χ1n) is 1.76. The van der Waals surface area contributed by atoms with E-state index in [0.717, 1.165) is 0 Å². The van der Waals surface area contributed by atoms with Crippen LogP contribution in [0.1, 0.15) is 6.92 Å². The first kappa shape index (κ1) is 5.25. The molecule has 6 heavy (non-hydrogen) atoms. The second-order valence-electron chi connectivity index (χ2n) is 0.667. The van der Waals surface area contributed by atoms with E-state index in [1.807, 2.05) is 6.92 Å². The fraction of sp³-hybridized carbons (Fsp3) is 0.500. The summed E-state index contributed by atoms with van der Waals surface area (Å²) in [6, 6.07) is 0. The van der Waals surface area contributed by atoms with E-state index in [1.54, 1.807) is 0 Å². The van der Waals surface area contributed by atoms with Gasteiger partial charge in [-0.2, -0.15) is 0 Å². The van der Waals surface area contributed by atoms with Crippen molar-refractivity contribution in [3.05, 3.63) is 6.58 Å². The van der Waals surface area contributed by atoms with Gasteiger partial charge in [-0.3, -0.25) is 0 Å². The normalized spacial score (nSPS) is 6.17. The van der Waals surface area contributed by atoms with E-state index in [1.165, 1.54) is 0 Å². The molecule has 0 saturated heterocycles. The van der Waals surface area contributed by atoms with Crippen LogP contribution in [0.2, 0.25) is 0 Å². The van der Waals surface area contributed by atoms with Crippen LogP contribution in [0.4, 0.5) is 0 Å². The predicted octanol–water partition coefficient (Wildman–Crippen LogP) is 0.794. The third-order valence-corrected chi connectivity index (χ3v) is 0.258. The van der Waals surface area contributed by atoms with Crippen LogP contribution in [0.5, 0.6) is 0 Å². The topological polar surface area (TPSA) is 21.6 Å². The third kappa shape index (κ3) is 3.25. The average molecular weight is 85.1 g/mol. The lowest BCUT2D eigenvalue weighted by molar-refractivity contribution is 0.161. The molecule has 0 aromatic rings. The summed E-state index contributed by atoms with van der Waals surface area (Å²) in [6.45, 7) is 5.62. The lowest BCUT2D eigenvalue weighted by Gasteiger charge is -1.81. The van der Waals surface area contributed by atoms with Gasteiger partial charge in [-0.1, -0.05) is 0 Å². The molecule has 0 bridgehead atoms. The molecule has 0 spiro atoms. The van der Waals surface area contributed by atoms with Crippen molar-refractivity contribution < 1.29 is 4.84 Å². The second-order valence-corrected chi connectivity index (χ2v) is 0.667. The van der Waals surface area contributed by atoms with Gasteiger partial charge < -0.3 is 4.84 Å². The Kier molecular flexibility index (Phi) is 3.72. The lowest BCUT2D eigenvalue weighted by Crippen LogP contribution is -1.73. The first-order valence-corrected chi connectivity index (χ1v) is 1.76. The fourth-order valence-electron chi connectivity index (χ4n) is 0.110. The molecule has 0 N–H and O–H groups in total. The van der Waals surface area contributed by atoms with E-state index in [-0.39, 0.29) is 0 Å². The molecule has 0 unspecified atom stereocenters. The SMILES string of the molecule is C=C=NOCC. The van der Waals surface area contributed by atoms with Crippen LogP contribution in [0.25, 0.3) is 0 Å². The Morgan fingerprint density at radius 2 is 2.67 bits per heavy atom. The van der Waals surface area contributed by atoms with Crippen molar-refractivity contribution in [2.45, 2.75) is 6.92 Å². The molecule has 0 fully saturated rings. The van der Waals surface area contributed by atoms with Gasteiger partial charge in [0.1, 0.15) is 6.61 Å². The zero-order valence-corrected chi connectivity index (χ0v) is 3.77. The summed E-state index contributed by atoms with van der Waals surface area (Å²) >= 11 is 0.